The van der Waals surface area contributed by atoms with Gasteiger partial charge in [0.15, 0.2) is 0 Å². The molecule has 1 unspecified atom stereocenters. The number of hydrogen-bond donors (Lipinski definition) is 1. The van der Waals surface area contributed by atoms with Crippen LogP contribution in [0.2, 0.25) is 0 Å². The Morgan fingerprint density at radius 3 is 2.73 bits per heavy atom. The summed E-state index contributed by atoms with van der Waals surface area (Å²) in [5, 5.41) is 1.25. The second-order valence-corrected chi connectivity index (χ2v) is 9.52. The van der Waals surface area contributed by atoms with Crippen LogP contribution in [0.3, 0.4) is 0 Å². The van der Waals surface area contributed by atoms with Crippen molar-refractivity contribution in [1.82, 2.24) is 9.88 Å². The molecule has 6 heteroatoms. The number of hydrogen-bond acceptors (Lipinski definition) is 5. The number of esters is 1. The molecule has 0 bridgehead atoms. The molecule has 1 fully saturated rings. The summed E-state index contributed by atoms with van der Waals surface area (Å²) >= 11 is 0. The topological polar surface area (TPSA) is 63.8 Å². The molecule has 2 heterocycles. The van der Waals surface area contributed by atoms with Crippen LogP contribution in [0.4, 0.5) is 0 Å². The Hall–Kier alpha value is -2.83. The van der Waals surface area contributed by atoms with Gasteiger partial charge in [0.2, 0.25) is 0 Å². The number of aromatic nitrogens is 1. The molecule has 33 heavy (non-hydrogen) atoms. The highest BCUT2D eigenvalue weighted by atomic mass is 16.6. The number of H-pyrrole nitrogens is 1. The van der Waals surface area contributed by atoms with Gasteiger partial charge in [0.25, 0.3) is 0 Å². The second kappa shape index (κ2) is 10.4. The molecule has 0 amide bonds. The number of carbonyl (C=O) groups excluding carboxylic acids is 1. The Morgan fingerprint density at radius 2 is 1.94 bits per heavy atom. The largest absolute Gasteiger partial charge is 0.493 e. The van der Waals surface area contributed by atoms with Gasteiger partial charge in [-0.05, 0) is 50.1 Å². The average Bonchev–Trinajstić information content (AvgIpc) is 3.20. The lowest BCUT2D eigenvalue weighted by atomic mass is 10.1. The first-order valence-corrected chi connectivity index (χ1v) is 11.7. The smallest absolute Gasteiger partial charge is 0.307 e. The van der Waals surface area contributed by atoms with Crippen LogP contribution < -0.4 is 4.74 Å². The van der Waals surface area contributed by atoms with E-state index < -0.39 is 5.60 Å². The van der Waals surface area contributed by atoms with Crippen LogP contribution in [-0.4, -0.2) is 54.3 Å². The van der Waals surface area contributed by atoms with Gasteiger partial charge in [-0.25, -0.2) is 0 Å². The number of rotatable bonds is 8. The van der Waals surface area contributed by atoms with Gasteiger partial charge < -0.3 is 19.2 Å². The molecule has 0 aliphatic carbocycles. The fraction of sp³-hybridized carbons (Fsp3) is 0.444. The average molecular weight is 451 g/mol. The fourth-order valence-corrected chi connectivity index (χ4v) is 4.15. The van der Waals surface area contributed by atoms with E-state index >= 15 is 0 Å². The first-order valence-electron chi connectivity index (χ1n) is 11.7. The zero-order chi connectivity index (χ0) is 23.3. The van der Waals surface area contributed by atoms with E-state index in [1.165, 1.54) is 10.9 Å². The van der Waals surface area contributed by atoms with E-state index in [0.717, 1.165) is 36.3 Å². The molecule has 6 nitrogen and oxygen atoms in total. The minimum Gasteiger partial charge on any atom is -0.493 e. The Morgan fingerprint density at radius 1 is 1.15 bits per heavy atom. The predicted molar refractivity (Wildman–Crippen MR) is 130 cm³/mol. The van der Waals surface area contributed by atoms with Gasteiger partial charge >= 0.3 is 5.97 Å². The summed E-state index contributed by atoms with van der Waals surface area (Å²) in [6.45, 7) is 9.24. The van der Waals surface area contributed by atoms with Gasteiger partial charge in [0, 0.05) is 43.2 Å². The maximum Gasteiger partial charge on any atom is 0.307 e. The number of ether oxygens (including phenoxy) is 3. The van der Waals surface area contributed by atoms with Gasteiger partial charge in [-0.3, -0.25) is 9.69 Å². The van der Waals surface area contributed by atoms with Gasteiger partial charge in [-0.15, -0.1) is 0 Å². The Labute approximate surface area is 195 Å². The van der Waals surface area contributed by atoms with Crippen LogP contribution in [-0.2, 0) is 20.7 Å². The number of morpholine rings is 1. The van der Waals surface area contributed by atoms with E-state index in [1.807, 2.05) is 39.0 Å². The van der Waals surface area contributed by atoms with Crippen LogP contribution in [0, 0.1) is 0 Å². The molecular weight excluding hydrogens is 416 g/mol. The van der Waals surface area contributed by atoms with Crippen LogP contribution in [0.25, 0.3) is 10.9 Å². The zero-order valence-electron chi connectivity index (χ0n) is 19.8. The molecule has 1 saturated heterocycles. The van der Waals surface area contributed by atoms with E-state index in [0.29, 0.717) is 26.2 Å². The summed E-state index contributed by atoms with van der Waals surface area (Å²) < 4.78 is 17.4. The third-order valence-electron chi connectivity index (χ3n) is 5.77. The van der Waals surface area contributed by atoms with Crippen LogP contribution in [0.1, 0.15) is 44.4 Å². The SMILES string of the molecule is CC(C)(C)OC(=O)CCN1CCOC(c2ccc(OCCc3c[nH]c4ccccc34)cc2)C1. The van der Waals surface area contributed by atoms with Crippen molar-refractivity contribution in [3.8, 4) is 5.75 Å². The summed E-state index contributed by atoms with van der Waals surface area (Å²) in [5.74, 6) is 0.705. The molecular formula is C27H34N2O4. The van der Waals surface area contributed by atoms with Gasteiger partial charge in [0.1, 0.15) is 11.4 Å². The lowest BCUT2D eigenvalue weighted by Gasteiger charge is -2.33. The van der Waals surface area contributed by atoms with Crippen molar-refractivity contribution >= 4 is 16.9 Å². The molecule has 1 N–H and O–H groups in total. The quantitative estimate of drug-likeness (QED) is 0.495. The van der Waals surface area contributed by atoms with Crippen LogP contribution in [0.15, 0.2) is 54.7 Å². The molecule has 1 aliphatic heterocycles. The molecule has 3 aromatic rings. The minimum absolute atomic E-state index is 0.00217. The van der Waals surface area contributed by atoms with E-state index in [2.05, 4.69) is 46.4 Å². The molecule has 1 aromatic heterocycles. The molecule has 1 atom stereocenters. The van der Waals surface area contributed by atoms with E-state index in [-0.39, 0.29) is 12.1 Å². The summed E-state index contributed by atoms with van der Waals surface area (Å²) in [5.41, 5.74) is 3.11. The third-order valence-corrected chi connectivity index (χ3v) is 5.77. The van der Waals surface area contributed by atoms with Crippen molar-refractivity contribution < 1.29 is 19.0 Å². The maximum absolute atomic E-state index is 12.0. The minimum atomic E-state index is -0.441. The number of fused-ring (bicyclic) bond motifs is 1. The fourth-order valence-electron chi connectivity index (χ4n) is 4.15. The number of carbonyl (C=O) groups is 1. The molecule has 4 rings (SSSR count). The van der Waals surface area contributed by atoms with Crippen molar-refractivity contribution in [3.05, 3.63) is 65.9 Å². The van der Waals surface area contributed by atoms with E-state index in [9.17, 15) is 4.79 Å². The number of nitrogens with one attached hydrogen (secondary N) is 1. The standard InChI is InChI=1S/C27H34N2O4/c1-27(2,3)33-26(30)12-14-29-15-17-32-25(19-29)20-8-10-22(11-9-20)31-16-13-21-18-28-24-7-5-4-6-23(21)24/h4-11,18,25,28H,12-17,19H2,1-3H3. The number of nitrogens with zero attached hydrogens (tertiary/aromatic N) is 1. The monoisotopic (exact) mass is 450 g/mol. The Kier molecular flexibility index (Phi) is 7.36. The number of benzene rings is 2. The maximum atomic E-state index is 12.0. The van der Waals surface area contributed by atoms with Crippen molar-refractivity contribution in [3.63, 3.8) is 0 Å². The Bertz CT molecular complexity index is 1050. The molecule has 176 valence electrons. The van der Waals surface area contributed by atoms with Crippen molar-refractivity contribution in [2.75, 3.05) is 32.8 Å². The van der Waals surface area contributed by atoms with E-state index in [4.69, 9.17) is 14.2 Å². The van der Waals surface area contributed by atoms with Crippen molar-refractivity contribution in [2.45, 2.75) is 45.3 Å². The normalized spacial score (nSPS) is 17.2. The predicted octanol–water partition coefficient (Wildman–Crippen LogP) is 4.89. The lowest BCUT2D eigenvalue weighted by Crippen LogP contribution is -2.39. The van der Waals surface area contributed by atoms with Gasteiger partial charge in [0.05, 0.1) is 25.7 Å². The van der Waals surface area contributed by atoms with Crippen molar-refractivity contribution in [2.24, 2.45) is 0 Å². The van der Waals surface area contributed by atoms with E-state index in [1.54, 1.807) is 0 Å². The number of aromatic amines is 1. The first kappa shape index (κ1) is 23.3. The van der Waals surface area contributed by atoms with Crippen molar-refractivity contribution in [1.29, 1.82) is 0 Å². The highest BCUT2D eigenvalue weighted by Crippen LogP contribution is 2.25. The zero-order valence-corrected chi connectivity index (χ0v) is 19.8. The second-order valence-electron chi connectivity index (χ2n) is 9.52. The lowest BCUT2D eigenvalue weighted by molar-refractivity contribution is -0.155. The molecule has 0 saturated carbocycles. The summed E-state index contributed by atoms with van der Waals surface area (Å²) in [7, 11) is 0. The summed E-state index contributed by atoms with van der Waals surface area (Å²) in [4.78, 5) is 17.6. The highest BCUT2D eigenvalue weighted by molar-refractivity contribution is 5.83. The summed E-state index contributed by atoms with van der Waals surface area (Å²) in [6.07, 6.45) is 3.31. The summed E-state index contributed by atoms with van der Waals surface area (Å²) in [6, 6.07) is 16.5. The molecule has 2 aromatic carbocycles. The van der Waals surface area contributed by atoms with Crippen LogP contribution >= 0.6 is 0 Å². The molecule has 0 radical (unpaired) electrons. The molecule has 1 aliphatic rings. The third kappa shape index (κ3) is 6.59. The van der Waals surface area contributed by atoms with Gasteiger partial charge in [-0.1, -0.05) is 30.3 Å². The van der Waals surface area contributed by atoms with Gasteiger partial charge in [-0.2, -0.15) is 0 Å². The van der Waals surface area contributed by atoms with Crippen LogP contribution in [0.5, 0.6) is 5.75 Å². The molecule has 0 spiro atoms. The first-order chi connectivity index (χ1) is 15.9. The highest BCUT2D eigenvalue weighted by Gasteiger charge is 2.23. The number of para-hydroxylation sites is 1. The Balaban J connectivity index is 1.24.